The first-order chi connectivity index (χ1) is 11.7. The third-order valence-corrected chi connectivity index (χ3v) is 4.74. The van der Waals surface area contributed by atoms with Crippen molar-refractivity contribution in [1.29, 1.82) is 0 Å². The molecule has 0 bridgehead atoms. The number of ether oxygens (including phenoxy) is 1. The molecule has 24 heavy (non-hydrogen) atoms. The molecule has 1 N–H and O–H groups in total. The van der Waals surface area contributed by atoms with Gasteiger partial charge in [0.05, 0.1) is 17.9 Å². The van der Waals surface area contributed by atoms with Crippen molar-refractivity contribution in [2.75, 3.05) is 13.2 Å². The van der Waals surface area contributed by atoms with Crippen LogP contribution in [0.1, 0.15) is 80.8 Å². The maximum atomic E-state index is 11.7. The van der Waals surface area contributed by atoms with Crippen molar-refractivity contribution in [2.45, 2.75) is 71.1 Å². The van der Waals surface area contributed by atoms with Crippen LogP contribution in [0.25, 0.3) is 0 Å². The van der Waals surface area contributed by atoms with Gasteiger partial charge in [0, 0.05) is 6.54 Å². The lowest BCUT2D eigenvalue weighted by molar-refractivity contribution is -0.143. The summed E-state index contributed by atoms with van der Waals surface area (Å²) in [6, 6.07) is 3.60. The third-order valence-electron chi connectivity index (χ3n) is 3.87. The first-order valence-corrected chi connectivity index (χ1v) is 10.1. The number of esters is 1. The number of carbonyl (C=O) groups excluding carboxylic acids is 2. The Kier molecular flexibility index (Phi) is 12.1. The minimum absolute atomic E-state index is 0.128. The van der Waals surface area contributed by atoms with E-state index in [9.17, 15) is 9.59 Å². The standard InChI is InChI=1S/C19H31NO3S/c1-2-3-4-5-6-7-8-9-10-15-23-18(21)13-14-20-19(22)17-12-11-16-24-17/h11-12,16H,2-10,13-15H2,1H3,(H,20,22). The molecule has 136 valence electrons. The lowest BCUT2D eigenvalue weighted by atomic mass is 10.1. The van der Waals surface area contributed by atoms with Gasteiger partial charge >= 0.3 is 5.97 Å². The highest BCUT2D eigenvalue weighted by Crippen LogP contribution is 2.10. The zero-order chi connectivity index (χ0) is 17.5. The molecule has 0 aliphatic heterocycles. The van der Waals surface area contributed by atoms with E-state index in [1.165, 1.54) is 56.3 Å². The molecule has 0 aliphatic carbocycles. The highest BCUT2D eigenvalue weighted by Gasteiger charge is 2.07. The lowest BCUT2D eigenvalue weighted by Gasteiger charge is -2.06. The summed E-state index contributed by atoms with van der Waals surface area (Å²) < 4.78 is 5.19. The molecular weight excluding hydrogens is 322 g/mol. The summed E-state index contributed by atoms with van der Waals surface area (Å²) in [5.41, 5.74) is 0. The summed E-state index contributed by atoms with van der Waals surface area (Å²) in [6.07, 6.45) is 11.5. The molecule has 0 aromatic carbocycles. The van der Waals surface area contributed by atoms with Crippen LogP contribution < -0.4 is 5.32 Å². The normalized spacial score (nSPS) is 10.5. The van der Waals surface area contributed by atoms with E-state index >= 15 is 0 Å². The smallest absolute Gasteiger partial charge is 0.307 e. The maximum absolute atomic E-state index is 11.7. The van der Waals surface area contributed by atoms with Crippen molar-refractivity contribution >= 4 is 23.2 Å². The van der Waals surface area contributed by atoms with Gasteiger partial charge in [0.2, 0.25) is 0 Å². The summed E-state index contributed by atoms with van der Waals surface area (Å²) in [6.45, 7) is 3.06. The molecule has 5 heteroatoms. The summed E-state index contributed by atoms with van der Waals surface area (Å²) in [5, 5.41) is 4.58. The van der Waals surface area contributed by atoms with Crippen molar-refractivity contribution in [2.24, 2.45) is 0 Å². The van der Waals surface area contributed by atoms with Gasteiger partial charge < -0.3 is 10.1 Å². The molecule has 0 atom stereocenters. The summed E-state index contributed by atoms with van der Waals surface area (Å²) >= 11 is 1.39. The minimum atomic E-state index is -0.235. The van der Waals surface area contributed by atoms with E-state index in [4.69, 9.17) is 4.74 Å². The fraction of sp³-hybridized carbons (Fsp3) is 0.684. The first-order valence-electron chi connectivity index (χ1n) is 9.21. The van der Waals surface area contributed by atoms with Crippen molar-refractivity contribution in [3.63, 3.8) is 0 Å². The Morgan fingerprint density at radius 3 is 2.33 bits per heavy atom. The van der Waals surface area contributed by atoms with Crippen LogP contribution in [0, 0.1) is 0 Å². The maximum Gasteiger partial charge on any atom is 0.307 e. The quantitative estimate of drug-likeness (QED) is 0.380. The van der Waals surface area contributed by atoms with Crippen molar-refractivity contribution in [1.82, 2.24) is 5.32 Å². The number of unbranched alkanes of at least 4 members (excludes halogenated alkanes) is 8. The van der Waals surface area contributed by atoms with Gasteiger partial charge in [-0.3, -0.25) is 9.59 Å². The van der Waals surface area contributed by atoms with Gasteiger partial charge in [-0.25, -0.2) is 0 Å². The molecule has 4 nitrogen and oxygen atoms in total. The Balaban J connectivity index is 1.87. The molecule has 0 saturated carbocycles. The van der Waals surface area contributed by atoms with Crippen molar-refractivity contribution in [3.8, 4) is 0 Å². The fourth-order valence-electron chi connectivity index (χ4n) is 2.44. The molecule has 1 amide bonds. The highest BCUT2D eigenvalue weighted by atomic mass is 32.1. The van der Waals surface area contributed by atoms with Gasteiger partial charge in [-0.2, -0.15) is 0 Å². The highest BCUT2D eigenvalue weighted by molar-refractivity contribution is 7.12. The second kappa shape index (κ2) is 14.0. The Bertz CT molecular complexity index is 445. The van der Waals surface area contributed by atoms with E-state index in [0.717, 1.165) is 12.8 Å². The first kappa shape index (κ1) is 20.7. The number of amides is 1. The average Bonchev–Trinajstić information content (AvgIpc) is 3.11. The van der Waals surface area contributed by atoms with Gasteiger partial charge in [0.15, 0.2) is 0 Å². The number of rotatable bonds is 14. The molecule has 0 saturated heterocycles. The number of hydrogen-bond acceptors (Lipinski definition) is 4. The van der Waals surface area contributed by atoms with Crippen molar-refractivity contribution in [3.05, 3.63) is 22.4 Å². The average molecular weight is 354 g/mol. The van der Waals surface area contributed by atoms with Crippen LogP contribution in [0.3, 0.4) is 0 Å². The molecular formula is C19H31NO3S. The van der Waals surface area contributed by atoms with E-state index in [1.807, 2.05) is 11.4 Å². The molecule has 0 fully saturated rings. The molecule has 0 unspecified atom stereocenters. The van der Waals surface area contributed by atoms with Crippen LogP contribution in [-0.4, -0.2) is 25.0 Å². The lowest BCUT2D eigenvalue weighted by Crippen LogP contribution is -2.25. The fourth-order valence-corrected chi connectivity index (χ4v) is 3.08. The minimum Gasteiger partial charge on any atom is -0.466 e. The zero-order valence-electron chi connectivity index (χ0n) is 14.9. The van der Waals surface area contributed by atoms with Crippen LogP contribution in [0.5, 0.6) is 0 Å². The second-order valence-corrected chi connectivity index (χ2v) is 6.98. The van der Waals surface area contributed by atoms with Crippen molar-refractivity contribution < 1.29 is 14.3 Å². The molecule has 1 heterocycles. The van der Waals surface area contributed by atoms with Gasteiger partial charge in [-0.1, -0.05) is 64.4 Å². The van der Waals surface area contributed by atoms with E-state index in [1.54, 1.807) is 6.07 Å². The summed E-state index contributed by atoms with van der Waals surface area (Å²) in [5.74, 6) is -0.363. The van der Waals surface area contributed by atoms with Gasteiger partial charge in [-0.05, 0) is 17.9 Å². The summed E-state index contributed by atoms with van der Waals surface area (Å²) in [4.78, 5) is 23.9. The Hall–Kier alpha value is -1.36. The number of nitrogens with one attached hydrogen (secondary N) is 1. The third kappa shape index (κ3) is 10.4. The second-order valence-electron chi connectivity index (χ2n) is 6.03. The Morgan fingerprint density at radius 2 is 1.71 bits per heavy atom. The number of hydrogen-bond donors (Lipinski definition) is 1. The Labute approximate surface area is 150 Å². The SMILES string of the molecule is CCCCCCCCCCCOC(=O)CCNC(=O)c1cccs1. The van der Waals surface area contributed by atoms with Gasteiger partial charge in [0.1, 0.15) is 0 Å². The molecule has 1 aromatic rings. The van der Waals surface area contributed by atoms with E-state index in [0.29, 0.717) is 18.0 Å². The number of carbonyl (C=O) groups is 2. The van der Waals surface area contributed by atoms with Crippen LogP contribution in [0.2, 0.25) is 0 Å². The molecule has 0 aliphatic rings. The monoisotopic (exact) mass is 353 g/mol. The zero-order valence-corrected chi connectivity index (χ0v) is 15.7. The predicted molar refractivity (Wildman–Crippen MR) is 99.5 cm³/mol. The van der Waals surface area contributed by atoms with E-state index in [2.05, 4.69) is 12.2 Å². The van der Waals surface area contributed by atoms with E-state index < -0.39 is 0 Å². The predicted octanol–water partition coefficient (Wildman–Crippen LogP) is 4.94. The molecule has 0 radical (unpaired) electrons. The van der Waals surface area contributed by atoms with Crippen LogP contribution in [0.15, 0.2) is 17.5 Å². The van der Waals surface area contributed by atoms with Gasteiger partial charge in [-0.15, -0.1) is 11.3 Å². The molecule has 0 spiro atoms. The van der Waals surface area contributed by atoms with Crippen LogP contribution in [0.4, 0.5) is 0 Å². The topological polar surface area (TPSA) is 55.4 Å². The Morgan fingerprint density at radius 1 is 1.04 bits per heavy atom. The van der Waals surface area contributed by atoms with Gasteiger partial charge in [0.25, 0.3) is 5.91 Å². The van der Waals surface area contributed by atoms with E-state index in [-0.39, 0.29) is 18.3 Å². The molecule has 1 aromatic heterocycles. The summed E-state index contributed by atoms with van der Waals surface area (Å²) in [7, 11) is 0. The van der Waals surface area contributed by atoms with Crippen LogP contribution in [-0.2, 0) is 9.53 Å². The molecule has 1 rings (SSSR count). The van der Waals surface area contributed by atoms with Crippen LogP contribution >= 0.6 is 11.3 Å². The largest absolute Gasteiger partial charge is 0.466 e. The number of thiophene rings is 1.